The maximum Gasteiger partial charge on any atom is 0.239 e. The van der Waals surface area contributed by atoms with E-state index in [0.29, 0.717) is 12.3 Å². The smallest absolute Gasteiger partial charge is 0.239 e. The van der Waals surface area contributed by atoms with Gasteiger partial charge in [0.05, 0.1) is 31.9 Å². The Hall–Kier alpha value is -3.38. The molecule has 0 fully saturated rings. The van der Waals surface area contributed by atoms with Crippen LogP contribution in [0.1, 0.15) is 28.5 Å². The lowest BCUT2D eigenvalue weighted by Gasteiger charge is -2.22. The molecule has 2 aromatic carbocycles. The Kier molecular flexibility index (Phi) is 7.40. The molecule has 0 saturated carbocycles. The molecular formula is C24H27N3O3. The Morgan fingerprint density at radius 1 is 0.967 bits per heavy atom. The normalized spacial score (nSPS) is 11.7. The quantitative estimate of drug-likeness (QED) is 0.574. The Bertz CT molecular complexity index is 938. The van der Waals surface area contributed by atoms with Crippen LogP contribution in [0.5, 0.6) is 0 Å². The van der Waals surface area contributed by atoms with Gasteiger partial charge in [-0.05, 0) is 30.2 Å². The van der Waals surface area contributed by atoms with E-state index in [1.807, 2.05) is 37.3 Å². The molecule has 0 radical (unpaired) electrons. The Morgan fingerprint density at radius 3 is 2.33 bits per heavy atom. The highest BCUT2D eigenvalue weighted by molar-refractivity contribution is 5.85. The van der Waals surface area contributed by atoms with Gasteiger partial charge < -0.3 is 14.6 Å². The van der Waals surface area contributed by atoms with Gasteiger partial charge in [0.2, 0.25) is 11.8 Å². The van der Waals surface area contributed by atoms with Gasteiger partial charge in [-0.3, -0.25) is 14.9 Å². The summed E-state index contributed by atoms with van der Waals surface area (Å²) in [5.41, 5.74) is 3.34. The zero-order chi connectivity index (χ0) is 21.3. The van der Waals surface area contributed by atoms with Crippen molar-refractivity contribution in [3.8, 4) is 0 Å². The molecule has 0 aliphatic heterocycles. The van der Waals surface area contributed by atoms with Crippen LogP contribution in [0.15, 0.2) is 77.4 Å². The molecule has 3 rings (SSSR count). The summed E-state index contributed by atoms with van der Waals surface area (Å²) < 4.78 is 5.19. The van der Waals surface area contributed by atoms with Crippen molar-refractivity contribution in [2.45, 2.75) is 19.5 Å². The minimum absolute atomic E-state index is 0.0121. The number of hydrogen-bond donors (Lipinski definition) is 2. The summed E-state index contributed by atoms with van der Waals surface area (Å²) in [6.45, 7) is 2.46. The predicted octanol–water partition coefficient (Wildman–Crippen LogP) is 3.04. The number of amides is 2. The SMILES string of the molecule is Cc1ccc([C@@H](NCC(=O)N(C)CC(=O)NCc2ccco2)c2ccccc2)cc1. The highest BCUT2D eigenvalue weighted by atomic mass is 16.3. The summed E-state index contributed by atoms with van der Waals surface area (Å²) in [4.78, 5) is 26.1. The first-order valence-electron chi connectivity index (χ1n) is 9.91. The lowest BCUT2D eigenvalue weighted by molar-refractivity contribution is -0.134. The van der Waals surface area contributed by atoms with Gasteiger partial charge in [0.25, 0.3) is 0 Å². The molecule has 2 amide bonds. The van der Waals surface area contributed by atoms with Crippen molar-refractivity contribution in [2.75, 3.05) is 20.1 Å². The van der Waals surface area contributed by atoms with Crippen molar-refractivity contribution in [1.82, 2.24) is 15.5 Å². The van der Waals surface area contributed by atoms with Gasteiger partial charge in [0.15, 0.2) is 0 Å². The number of likely N-dealkylation sites (N-methyl/N-ethyl adjacent to an activating group) is 1. The van der Waals surface area contributed by atoms with E-state index < -0.39 is 0 Å². The lowest BCUT2D eigenvalue weighted by atomic mass is 9.98. The lowest BCUT2D eigenvalue weighted by Crippen LogP contribution is -2.42. The summed E-state index contributed by atoms with van der Waals surface area (Å²) >= 11 is 0. The number of benzene rings is 2. The van der Waals surface area contributed by atoms with Gasteiger partial charge in [0, 0.05) is 7.05 Å². The first kappa shape index (κ1) is 21.3. The Balaban J connectivity index is 1.56. The van der Waals surface area contributed by atoms with Gasteiger partial charge in [-0.25, -0.2) is 0 Å². The van der Waals surface area contributed by atoms with Crippen LogP contribution in [0, 0.1) is 6.92 Å². The first-order chi connectivity index (χ1) is 14.5. The molecule has 1 heterocycles. The number of furan rings is 1. The minimum atomic E-state index is -0.236. The second-order valence-corrected chi connectivity index (χ2v) is 7.24. The fraction of sp³-hybridized carbons (Fsp3) is 0.250. The van der Waals surface area contributed by atoms with Crippen LogP contribution in [0.4, 0.5) is 0 Å². The summed E-state index contributed by atoms with van der Waals surface area (Å²) in [6, 6.07) is 21.7. The second-order valence-electron chi connectivity index (χ2n) is 7.24. The van der Waals surface area contributed by atoms with Crippen molar-refractivity contribution < 1.29 is 14.0 Å². The van der Waals surface area contributed by atoms with Gasteiger partial charge in [-0.2, -0.15) is 0 Å². The molecule has 2 N–H and O–H groups in total. The summed E-state index contributed by atoms with van der Waals surface area (Å²) in [6.07, 6.45) is 1.56. The van der Waals surface area contributed by atoms with Crippen LogP contribution in [0.25, 0.3) is 0 Å². The fourth-order valence-corrected chi connectivity index (χ4v) is 3.12. The molecule has 0 spiro atoms. The van der Waals surface area contributed by atoms with Crippen LogP contribution in [-0.4, -0.2) is 36.9 Å². The second kappa shape index (κ2) is 10.4. The Labute approximate surface area is 176 Å². The molecule has 3 aromatic rings. The number of carbonyl (C=O) groups is 2. The zero-order valence-electron chi connectivity index (χ0n) is 17.3. The molecule has 0 saturated heterocycles. The molecule has 6 nitrogen and oxygen atoms in total. The van der Waals surface area contributed by atoms with E-state index >= 15 is 0 Å². The number of carbonyl (C=O) groups excluding carboxylic acids is 2. The van der Waals surface area contributed by atoms with E-state index in [1.165, 1.54) is 10.5 Å². The maximum absolute atomic E-state index is 12.6. The molecule has 1 atom stereocenters. The van der Waals surface area contributed by atoms with E-state index in [1.54, 1.807) is 25.4 Å². The first-order valence-corrected chi connectivity index (χ1v) is 9.91. The number of hydrogen-bond acceptors (Lipinski definition) is 4. The van der Waals surface area contributed by atoms with Crippen LogP contribution >= 0.6 is 0 Å². The van der Waals surface area contributed by atoms with Gasteiger partial charge >= 0.3 is 0 Å². The molecular weight excluding hydrogens is 378 g/mol. The number of rotatable bonds is 9. The van der Waals surface area contributed by atoms with Crippen LogP contribution in [0.3, 0.4) is 0 Å². The van der Waals surface area contributed by atoms with Gasteiger partial charge in [0.1, 0.15) is 5.76 Å². The van der Waals surface area contributed by atoms with E-state index in [-0.39, 0.29) is 30.9 Å². The molecule has 1 aromatic heterocycles. The average molecular weight is 405 g/mol. The molecule has 0 bridgehead atoms. The van der Waals surface area contributed by atoms with Crippen LogP contribution < -0.4 is 10.6 Å². The molecule has 30 heavy (non-hydrogen) atoms. The standard InChI is InChI=1S/C24H27N3O3/c1-18-10-12-20(13-11-18)24(19-7-4-3-5-8-19)26-16-23(29)27(2)17-22(28)25-15-21-9-6-14-30-21/h3-14,24,26H,15-17H2,1-2H3,(H,25,28)/t24-/m0/s1. The van der Waals surface area contributed by atoms with Gasteiger partial charge in [-0.1, -0.05) is 60.2 Å². The minimum Gasteiger partial charge on any atom is -0.467 e. The third-order valence-corrected chi connectivity index (χ3v) is 4.85. The highest BCUT2D eigenvalue weighted by Crippen LogP contribution is 2.22. The van der Waals surface area contributed by atoms with Crippen LogP contribution in [-0.2, 0) is 16.1 Å². The number of nitrogens with one attached hydrogen (secondary N) is 2. The largest absolute Gasteiger partial charge is 0.467 e. The van der Waals surface area contributed by atoms with Crippen molar-refractivity contribution in [3.05, 3.63) is 95.4 Å². The number of nitrogens with zero attached hydrogens (tertiary/aromatic N) is 1. The topological polar surface area (TPSA) is 74.6 Å². The summed E-state index contributed by atoms with van der Waals surface area (Å²) in [5.74, 6) is 0.277. The van der Waals surface area contributed by atoms with Crippen molar-refractivity contribution in [1.29, 1.82) is 0 Å². The molecule has 0 aliphatic carbocycles. The van der Waals surface area contributed by atoms with Gasteiger partial charge in [-0.15, -0.1) is 0 Å². The molecule has 0 unspecified atom stereocenters. The zero-order valence-corrected chi connectivity index (χ0v) is 17.3. The fourth-order valence-electron chi connectivity index (χ4n) is 3.12. The third kappa shape index (κ3) is 6.06. The third-order valence-electron chi connectivity index (χ3n) is 4.85. The summed E-state index contributed by atoms with van der Waals surface area (Å²) in [7, 11) is 1.62. The predicted molar refractivity (Wildman–Crippen MR) is 116 cm³/mol. The van der Waals surface area contributed by atoms with E-state index in [9.17, 15) is 9.59 Å². The molecule has 0 aliphatic rings. The van der Waals surface area contributed by atoms with E-state index in [2.05, 4.69) is 34.9 Å². The molecule has 6 heteroatoms. The maximum atomic E-state index is 12.6. The van der Waals surface area contributed by atoms with Crippen LogP contribution in [0.2, 0.25) is 0 Å². The van der Waals surface area contributed by atoms with E-state index in [0.717, 1.165) is 11.1 Å². The van der Waals surface area contributed by atoms with Crippen molar-refractivity contribution in [3.63, 3.8) is 0 Å². The molecule has 156 valence electrons. The number of aryl methyl sites for hydroxylation is 1. The Morgan fingerprint density at radius 2 is 1.67 bits per heavy atom. The highest BCUT2D eigenvalue weighted by Gasteiger charge is 2.18. The monoisotopic (exact) mass is 405 g/mol. The average Bonchev–Trinajstić information content (AvgIpc) is 3.28. The van der Waals surface area contributed by atoms with Crippen molar-refractivity contribution in [2.24, 2.45) is 0 Å². The summed E-state index contributed by atoms with van der Waals surface area (Å²) in [5, 5.41) is 6.09. The van der Waals surface area contributed by atoms with Crippen molar-refractivity contribution >= 4 is 11.8 Å². The van der Waals surface area contributed by atoms with E-state index in [4.69, 9.17) is 4.42 Å².